The first kappa shape index (κ1) is 25.9. The van der Waals surface area contributed by atoms with Crippen molar-refractivity contribution in [2.24, 2.45) is 0 Å². The van der Waals surface area contributed by atoms with E-state index in [1.807, 2.05) is 0 Å². The third-order valence-electron chi connectivity index (χ3n) is 7.72. The quantitative estimate of drug-likeness (QED) is 0.179. The molecule has 0 spiro atoms. The molecule has 1 heterocycles. The number of aryl methyl sites for hydroxylation is 1. The second kappa shape index (κ2) is 11.5. The Morgan fingerprint density at radius 1 is 0.390 bits per heavy atom. The number of benzene rings is 6. The van der Waals surface area contributed by atoms with Gasteiger partial charge >= 0.3 is 0 Å². The van der Waals surface area contributed by atoms with Crippen molar-refractivity contribution in [1.82, 2.24) is 4.57 Å². The van der Waals surface area contributed by atoms with Gasteiger partial charge in [-0.2, -0.15) is 0 Å². The predicted octanol–water partition coefficient (Wildman–Crippen LogP) is 7.33. The Morgan fingerprint density at radius 2 is 0.707 bits per heavy atom. The number of rotatable bonds is 7. The van der Waals surface area contributed by atoms with Gasteiger partial charge in [0.1, 0.15) is 0 Å². The fraction of sp³-hybridized carbons (Fsp3) is 0.0526. The number of aromatic nitrogens is 1. The van der Waals surface area contributed by atoms with Crippen molar-refractivity contribution in [3.8, 4) is 0 Å². The lowest BCUT2D eigenvalue weighted by Gasteiger charge is -2.20. The lowest BCUT2D eigenvalue weighted by molar-refractivity contribution is 0.827. The van der Waals surface area contributed by atoms with Gasteiger partial charge in [0.25, 0.3) is 0 Å². The van der Waals surface area contributed by atoms with Gasteiger partial charge in [-0.05, 0) is 78.9 Å². The van der Waals surface area contributed by atoms with Gasteiger partial charge in [-0.15, -0.1) is 0 Å². The molecule has 6 aromatic carbocycles. The highest BCUT2D eigenvalue weighted by Gasteiger charge is 2.21. The number of hydrogen-bond donors (Lipinski definition) is 0. The largest absolute Gasteiger partial charge is 0.341 e. The Labute approximate surface area is 244 Å². The lowest BCUT2D eigenvalue weighted by atomic mass is 10.1. The molecule has 0 N–H and O–H groups in total. The van der Waals surface area contributed by atoms with Gasteiger partial charge < -0.3 is 4.57 Å². The molecule has 0 unspecified atom stereocenters. The van der Waals surface area contributed by atoms with Gasteiger partial charge in [0, 0.05) is 28.4 Å². The molecule has 7 rings (SSSR count). The summed E-state index contributed by atoms with van der Waals surface area (Å²) in [6.07, 6.45) is 0. The van der Waals surface area contributed by atoms with Crippen LogP contribution in [0.3, 0.4) is 0 Å². The zero-order chi connectivity index (χ0) is 27.6. The molecule has 0 saturated heterocycles. The maximum absolute atomic E-state index is 2.48. The maximum atomic E-state index is 2.48. The third-order valence-corrected chi connectivity index (χ3v) is 12.6. The van der Waals surface area contributed by atoms with Crippen molar-refractivity contribution in [1.29, 1.82) is 0 Å². The van der Waals surface area contributed by atoms with Gasteiger partial charge in [0.15, 0.2) is 0 Å². The summed E-state index contributed by atoms with van der Waals surface area (Å²) in [5.41, 5.74) is 2.62. The fourth-order valence-electron chi connectivity index (χ4n) is 5.90. The highest BCUT2D eigenvalue weighted by Crippen LogP contribution is 2.38. The minimum absolute atomic E-state index is 0.667. The van der Waals surface area contributed by atoms with Crippen LogP contribution < -0.4 is 31.8 Å². The highest BCUT2D eigenvalue weighted by molar-refractivity contribution is 7.80. The van der Waals surface area contributed by atoms with Crippen molar-refractivity contribution < 1.29 is 0 Å². The van der Waals surface area contributed by atoms with E-state index in [9.17, 15) is 0 Å². The van der Waals surface area contributed by atoms with Crippen LogP contribution >= 0.6 is 15.8 Å². The zero-order valence-corrected chi connectivity index (χ0v) is 24.8. The first-order chi connectivity index (χ1) is 20.3. The Balaban J connectivity index is 1.45. The van der Waals surface area contributed by atoms with E-state index in [1.165, 1.54) is 53.6 Å². The van der Waals surface area contributed by atoms with Crippen LogP contribution in [0.25, 0.3) is 21.8 Å². The van der Waals surface area contributed by atoms with Crippen molar-refractivity contribution in [3.05, 3.63) is 158 Å². The summed E-state index contributed by atoms with van der Waals surface area (Å²) in [5.74, 6) is 0. The van der Waals surface area contributed by atoms with Crippen LogP contribution in [0.4, 0.5) is 0 Å². The number of fused-ring (bicyclic) bond motifs is 3. The van der Waals surface area contributed by atoms with E-state index >= 15 is 0 Å². The van der Waals surface area contributed by atoms with Crippen LogP contribution in [-0.2, 0) is 6.54 Å². The number of hydrogen-bond acceptors (Lipinski definition) is 0. The van der Waals surface area contributed by atoms with Gasteiger partial charge in [-0.1, -0.05) is 133 Å². The molecule has 0 aliphatic heterocycles. The fourth-order valence-corrected chi connectivity index (χ4v) is 10.5. The summed E-state index contributed by atoms with van der Waals surface area (Å²) in [6, 6.07) is 58.4. The third kappa shape index (κ3) is 4.91. The molecule has 198 valence electrons. The Bertz CT molecular complexity index is 1690. The van der Waals surface area contributed by atoms with E-state index < -0.39 is 15.8 Å². The van der Waals surface area contributed by atoms with Crippen molar-refractivity contribution in [2.45, 2.75) is 13.5 Å². The van der Waals surface area contributed by atoms with Crippen LogP contribution in [0, 0.1) is 0 Å². The second-order valence-electron chi connectivity index (χ2n) is 10.2. The van der Waals surface area contributed by atoms with Gasteiger partial charge in [-0.3, -0.25) is 0 Å². The average molecular weight is 564 g/mol. The molecule has 1 nitrogen and oxygen atoms in total. The van der Waals surface area contributed by atoms with Gasteiger partial charge in [0.2, 0.25) is 0 Å². The summed E-state index contributed by atoms with van der Waals surface area (Å²) in [7, 11) is -1.33. The average Bonchev–Trinajstić information content (AvgIpc) is 3.36. The summed E-state index contributed by atoms with van der Waals surface area (Å²) in [4.78, 5) is 0. The smallest absolute Gasteiger partial charge is 0.0491 e. The Morgan fingerprint density at radius 3 is 1.00 bits per heavy atom. The molecular formula is C38H31NP2. The summed E-state index contributed by atoms with van der Waals surface area (Å²) < 4.78 is 2.47. The van der Waals surface area contributed by atoms with E-state index in [-0.39, 0.29) is 0 Å². The molecule has 0 amide bonds. The molecule has 1 aromatic heterocycles. The molecule has 0 saturated carbocycles. The van der Waals surface area contributed by atoms with Crippen LogP contribution in [0.5, 0.6) is 0 Å². The summed E-state index contributed by atoms with van der Waals surface area (Å²) >= 11 is 0. The van der Waals surface area contributed by atoms with Gasteiger partial charge in [0.05, 0.1) is 0 Å². The monoisotopic (exact) mass is 563 g/mol. The highest BCUT2D eigenvalue weighted by atomic mass is 31.1. The maximum Gasteiger partial charge on any atom is 0.0491 e. The SMILES string of the molecule is CCn1c2ccc(P(c3ccccc3)c3ccccc3)cc2c2cc(P(c3ccccc3)c3ccccc3)ccc21. The molecule has 0 radical (unpaired) electrons. The molecule has 3 heteroatoms. The standard InChI is InChI=1S/C38H31NP2/c1-2-39-37-25-23-33(40(29-15-7-3-8-16-29)30-17-9-4-10-18-30)27-35(37)36-28-34(24-26-38(36)39)41(31-19-11-5-12-20-31)32-21-13-6-14-22-32/h3-28H,2H2,1H3. The van der Waals surface area contributed by atoms with Crippen LogP contribution in [-0.4, -0.2) is 4.57 Å². The second-order valence-corrected chi connectivity index (χ2v) is 14.6. The summed E-state index contributed by atoms with van der Waals surface area (Å²) in [6.45, 7) is 3.19. The Kier molecular flexibility index (Phi) is 7.24. The number of nitrogens with zero attached hydrogens (tertiary/aromatic N) is 1. The first-order valence-corrected chi connectivity index (χ1v) is 16.9. The van der Waals surface area contributed by atoms with E-state index in [1.54, 1.807) is 0 Å². The zero-order valence-electron chi connectivity index (χ0n) is 23.1. The van der Waals surface area contributed by atoms with Crippen LogP contribution in [0.2, 0.25) is 0 Å². The molecule has 0 aliphatic carbocycles. The van der Waals surface area contributed by atoms with Crippen LogP contribution in [0.15, 0.2) is 158 Å². The minimum Gasteiger partial charge on any atom is -0.341 e. The van der Waals surface area contributed by atoms with Crippen molar-refractivity contribution in [3.63, 3.8) is 0 Å². The molecule has 0 atom stereocenters. The Hall–Kier alpha value is -4.02. The predicted molar refractivity (Wildman–Crippen MR) is 183 cm³/mol. The molecule has 7 aromatic rings. The van der Waals surface area contributed by atoms with Crippen molar-refractivity contribution in [2.75, 3.05) is 0 Å². The molecule has 0 aliphatic rings. The first-order valence-electron chi connectivity index (χ1n) is 14.2. The van der Waals surface area contributed by atoms with Gasteiger partial charge in [-0.25, -0.2) is 0 Å². The molecule has 0 bridgehead atoms. The molecular weight excluding hydrogens is 532 g/mol. The van der Waals surface area contributed by atoms with Crippen molar-refractivity contribution >= 4 is 69.5 Å². The topological polar surface area (TPSA) is 4.93 Å². The molecule has 0 fully saturated rings. The summed E-state index contributed by atoms with van der Waals surface area (Å²) in [5, 5.41) is 11.0. The minimum atomic E-state index is -0.667. The van der Waals surface area contributed by atoms with E-state index in [2.05, 4.69) is 169 Å². The van der Waals surface area contributed by atoms with E-state index in [0.29, 0.717) is 0 Å². The normalized spacial score (nSPS) is 11.6. The molecule has 41 heavy (non-hydrogen) atoms. The van der Waals surface area contributed by atoms with E-state index in [0.717, 1.165) is 6.54 Å². The van der Waals surface area contributed by atoms with Crippen LogP contribution in [0.1, 0.15) is 6.92 Å². The van der Waals surface area contributed by atoms with E-state index in [4.69, 9.17) is 0 Å². The lowest BCUT2D eigenvalue weighted by Crippen LogP contribution is -2.20.